The third-order valence-electron chi connectivity index (χ3n) is 4.46. The van der Waals surface area contributed by atoms with Crippen molar-refractivity contribution in [1.29, 1.82) is 0 Å². The van der Waals surface area contributed by atoms with Crippen molar-refractivity contribution in [2.45, 2.75) is 0 Å². The maximum atomic E-state index is 13.0. The van der Waals surface area contributed by atoms with Crippen LogP contribution in [0.4, 0.5) is 17.3 Å². The monoisotopic (exact) mass is 383 g/mol. The summed E-state index contributed by atoms with van der Waals surface area (Å²) in [6.45, 7) is 0. The summed E-state index contributed by atoms with van der Waals surface area (Å²) >= 11 is 0. The van der Waals surface area contributed by atoms with E-state index in [-0.39, 0.29) is 11.3 Å². The molecule has 7 heteroatoms. The summed E-state index contributed by atoms with van der Waals surface area (Å²) in [4.78, 5) is 21.9. The Bertz CT molecular complexity index is 1310. The van der Waals surface area contributed by atoms with Gasteiger partial charge in [-0.25, -0.2) is 4.98 Å². The van der Waals surface area contributed by atoms with Crippen molar-refractivity contribution in [3.8, 4) is 23.8 Å². The number of nitrogens with zero attached hydrogens (tertiary/aromatic N) is 3. The number of ether oxygens (including phenoxy) is 1. The normalized spacial score (nSPS) is 10.5. The zero-order valence-electron chi connectivity index (χ0n) is 15.6. The number of nitrogens with one attached hydrogen (secondary N) is 1. The summed E-state index contributed by atoms with van der Waals surface area (Å²) in [6.07, 6.45) is 7.17. The fraction of sp³-hybridized carbons (Fsp3) is 0.0455. The molecule has 4 aromatic rings. The number of terminal acetylenes is 1. The first-order valence-corrected chi connectivity index (χ1v) is 8.77. The standard InChI is InChI=1S/C22H17N5O2/c1-3-15-16-13-24-22(25-17-11-7-8-12-18(17)29-2)26-20(16)27(21(28)19(15)23)14-9-5-4-6-10-14/h1,4-13H,23H2,2H3,(H,24,25,26). The molecule has 0 saturated heterocycles. The number of aromatic nitrogens is 3. The second kappa shape index (κ2) is 7.37. The van der Waals surface area contributed by atoms with E-state index >= 15 is 0 Å². The molecule has 0 unspecified atom stereocenters. The molecule has 3 N–H and O–H groups in total. The number of nitrogens with two attached hydrogens (primary N) is 1. The van der Waals surface area contributed by atoms with Crippen LogP contribution in [0.25, 0.3) is 16.7 Å². The van der Waals surface area contributed by atoms with E-state index in [0.717, 1.165) is 0 Å². The fourth-order valence-electron chi connectivity index (χ4n) is 3.09. The highest BCUT2D eigenvalue weighted by atomic mass is 16.5. The minimum atomic E-state index is -0.432. The number of para-hydroxylation sites is 3. The van der Waals surface area contributed by atoms with Crippen LogP contribution in [0.1, 0.15) is 5.56 Å². The van der Waals surface area contributed by atoms with Gasteiger partial charge in [0, 0.05) is 6.20 Å². The number of pyridine rings is 1. The van der Waals surface area contributed by atoms with Gasteiger partial charge in [0.25, 0.3) is 5.56 Å². The smallest absolute Gasteiger partial charge is 0.281 e. The first kappa shape index (κ1) is 18.1. The average molecular weight is 383 g/mol. The molecule has 142 valence electrons. The van der Waals surface area contributed by atoms with Crippen molar-refractivity contribution in [1.82, 2.24) is 14.5 Å². The van der Waals surface area contributed by atoms with Gasteiger partial charge >= 0.3 is 0 Å². The highest BCUT2D eigenvalue weighted by Gasteiger charge is 2.17. The van der Waals surface area contributed by atoms with Gasteiger partial charge < -0.3 is 15.8 Å². The predicted molar refractivity (Wildman–Crippen MR) is 114 cm³/mol. The number of hydrogen-bond donors (Lipinski definition) is 2. The summed E-state index contributed by atoms with van der Waals surface area (Å²) < 4.78 is 6.78. The van der Waals surface area contributed by atoms with E-state index in [1.165, 1.54) is 4.57 Å². The molecule has 0 fully saturated rings. The molecular weight excluding hydrogens is 366 g/mol. The predicted octanol–water partition coefficient (Wildman–Crippen LogP) is 3.10. The third-order valence-corrected chi connectivity index (χ3v) is 4.46. The quantitative estimate of drug-likeness (QED) is 0.526. The Morgan fingerprint density at radius 2 is 1.86 bits per heavy atom. The number of nitrogen functional groups attached to an aromatic ring is 1. The zero-order chi connectivity index (χ0) is 20.4. The van der Waals surface area contributed by atoms with E-state index in [9.17, 15) is 4.79 Å². The molecule has 2 heterocycles. The first-order valence-electron chi connectivity index (χ1n) is 8.77. The Morgan fingerprint density at radius 3 is 2.59 bits per heavy atom. The van der Waals surface area contributed by atoms with Gasteiger partial charge in [-0.1, -0.05) is 36.3 Å². The summed E-state index contributed by atoms with van der Waals surface area (Å²) in [5.74, 6) is 3.41. The van der Waals surface area contributed by atoms with Gasteiger partial charge in [-0.05, 0) is 24.3 Å². The molecular formula is C22H17N5O2. The van der Waals surface area contributed by atoms with E-state index in [1.54, 1.807) is 25.4 Å². The maximum absolute atomic E-state index is 13.0. The van der Waals surface area contributed by atoms with Crippen LogP contribution in [-0.4, -0.2) is 21.6 Å². The first-order chi connectivity index (χ1) is 14.1. The lowest BCUT2D eigenvalue weighted by atomic mass is 10.1. The van der Waals surface area contributed by atoms with Crippen LogP contribution >= 0.6 is 0 Å². The van der Waals surface area contributed by atoms with Gasteiger partial charge in [-0.2, -0.15) is 4.98 Å². The van der Waals surface area contributed by atoms with Crippen LogP contribution in [0.15, 0.2) is 65.6 Å². The van der Waals surface area contributed by atoms with Crippen LogP contribution in [0.5, 0.6) is 5.75 Å². The number of rotatable bonds is 4. The van der Waals surface area contributed by atoms with Crippen LogP contribution < -0.4 is 21.3 Å². The van der Waals surface area contributed by atoms with E-state index in [0.29, 0.717) is 34.1 Å². The van der Waals surface area contributed by atoms with Gasteiger partial charge in [-0.3, -0.25) is 9.36 Å². The van der Waals surface area contributed by atoms with Crippen LogP contribution in [0, 0.1) is 12.3 Å². The summed E-state index contributed by atoms with van der Waals surface area (Å²) in [5.41, 5.74) is 7.54. The summed E-state index contributed by atoms with van der Waals surface area (Å²) in [5, 5.41) is 3.63. The van der Waals surface area contributed by atoms with Crippen molar-refractivity contribution in [3.63, 3.8) is 0 Å². The van der Waals surface area contributed by atoms with E-state index in [1.807, 2.05) is 42.5 Å². The van der Waals surface area contributed by atoms with E-state index in [2.05, 4.69) is 21.2 Å². The number of methoxy groups -OCH3 is 1. The van der Waals surface area contributed by atoms with Crippen molar-refractivity contribution < 1.29 is 4.74 Å². The highest BCUT2D eigenvalue weighted by Crippen LogP contribution is 2.27. The lowest BCUT2D eigenvalue weighted by molar-refractivity contribution is 0.417. The zero-order valence-corrected chi connectivity index (χ0v) is 15.6. The van der Waals surface area contributed by atoms with E-state index in [4.69, 9.17) is 16.9 Å². The minimum absolute atomic E-state index is 0.0158. The lowest BCUT2D eigenvalue weighted by Crippen LogP contribution is -2.24. The van der Waals surface area contributed by atoms with E-state index < -0.39 is 5.56 Å². The molecule has 0 radical (unpaired) electrons. The molecule has 0 aliphatic heterocycles. The Balaban J connectivity index is 1.97. The van der Waals surface area contributed by atoms with Crippen molar-refractivity contribution in [2.75, 3.05) is 18.2 Å². The molecule has 0 spiro atoms. The summed E-state index contributed by atoms with van der Waals surface area (Å²) in [7, 11) is 1.58. The lowest BCUT2D eigenvalue weighted by Gasteiger charge is -2.14. The molecule has 2 aromatic carbocycles. The van der Waals surface area contributed by atoms with Gasteiger partial charge in [0.05, 0.1) is 29.4 Å². The molecule has 0 atom stereocenters. The molecule has 0 bridgehead atoms. The van der Waals surface area contributed by atoms with Crippen molar-refractivity contribution in [3.05, 3.63) is 76.7 Å². The summed E-state index contributed by atoms with van der Waals surface area (Å²) in [6, 6.07) is 16.5. The van der Waals surface area contributed by atoms with Gasteiger partial charge in [-0.15, -0.1) is 6.42 Å². The number of benzene rings is 2. The molecule has 0 saturated carbocycles. The maximum Gasteiger partial charge on any atom is 0.281 e. The Morgan fingerprint density at radius 1 is 1.14 bits per heavy atom. The second-order valence-corrected chi connectivity index (χ2v) is 6.17. The molecule has 0 aliphatic carbocycles. The van der Waals surface area contributed by atoms with Crippen LogP contribution in [0.3, 0.4) is 0 Å². The van der Waals surface area contributed by atoms with Gasteiger partial charge in [0.1, 0.15) is 11.4 Å². The second-order valence-electron chi connectivity index (χ2n) is 6.17. The highest BCUT2D eigenvalue weighted by molar-refractivity contribution is 5.88. The number of anilines is 3. The molecule has 7 nitrogen and oxygen atoms in total. The number of hydrogen-bond acceptors (Lipinski definition) is 6. The molecule has 2 aromatic heterocycles. The average Bonchev–Trinajstić information content (AvgIpc) is 2.76. The molecule has 0 aliphatic rings. The fourth-order valence-corrected chi connectivity index (χ4v) is 3.09. The SMILES string of the molecule is C#Cc1c(N)c(=O)n(-c2ccccc2)c2nc(Nc3ccccc3OC)ncc12. The van der Waals surface area contributed by atoms with Crippen molar-refractivity contribution >= 4 is 28.4 Å². The number of fused-ring (bicyclic) bond motifs is 1. The third kappa shape index (κ3) is 3.13. The topological polar surface area (TPSA) is 95.1 Å². The van der Waals surface area contributed by atoms with Crippen LogP contribution in [-0.2, 0) is 0 Å². The van der Waals surface area contributed by atoms with Crippen LogP contribution in [0.2, 0.25) is 0 Å². The largest absolute Gasteiger partial charge is 0.495 e. The molecule has 29 heavy (non-hydrogen) atoms. The molecule has 0 amide bonds. The minimum Gasteiger partial charge on any atom is -0.495 e. The van der Waals surface area contributed by atoms with Gasteiger partial charge in [0.15, 0.2) is 5.65 Å². The van der Waals surface area contributed by atoms with Crippen molar-refractivity contribution in [2.24, 2.45) is 0 Å². The Hall–Kier alpha value is -4.31. The Labute approximate surface area is 166 Å². The molecule has 4 rings (SSSR count). The van der Waals surface area contributed by atoms with Gasteiger partial charge in [0.2, 0.25) is 5.95 Å². The Kier molecular flexibility index (Phi) is 4.59.